The van der Waals surface area contributed by atoms with Crippen LogP contribution in [0.1, 0.15) is 5.69 Å². The minimum atomic E-state index is -3.38. The van der Waals surface area contributed by atoms with E-state index < -0.39 is 10.0 Å². The second-order valence-electron chi connectivity index (χ2n) is 5.10. The van der Waals surface area contributed by atoms with Gasteiger partial charge in [0.25, 0.3) is 0 Å². The first-order valence-corrected chi connectivity index (χ1v) is 9.78. The molecule has 0 bridgehead atoms. The highest BCUT2D eigenvalue weighted by Crippen LogP contribution is 2.32. The van der Waals surface area contributed by atoms with Gasteiger partial charge >= 0.3 is 0 Å². The van der Waals surface area contributed by atoms with Crippen LogP contribution in [0.25, 0.3) is 0 Å². The molecular formula is C14H15N3O5S2. The number of thiazole rings is 1. The van der Waals surface area contributed by atoms with Gasteiger partial charge in [-0.3, -0.25) is 9.52 Å². The Morgan fingerprint density at radius 1 is 1.29 bits per heavy atom. The van der Waals surface area contributed by atoms with Crippen LogP contribution in [0.5, 0.6) is 11.5 Å². The van der Waals surface area contributed by atoms with Crippen molar-refractivity contribution in [3.63, 3.8) is 0 Å². The van der Waals surface area contributed by atoms with Gasteiger partial charge in [-0.15, -0.1) is 11.3 Å². The van der Waals surface area contributed by atoms with E-state index in [0.29, 0.717) is 36.1 Å². The molecule has 10 heteroatoms. The molecule has 0 aliphatic carbocycles. The number of carbonyl (C=O) groups is 1. The molecule has 2 aromatic rings. The topological polar surface area (TPSA) is 107 Å². The third-order valence-electron chi connectivity index (χ3n) is 2.99. The van der Waals surface area contributed by atoms with E-state index in [1.807, 2.05) is 0 Å². The lowest BCUT2D eigenvalue weighted by Crippen LogP contribution is -2.17. The van der Waals surface area contributed by atoms with Crippen LogP contribution in [0, 0.1) is 0 Å². The number of amides is 1. The molecule has 1 aliphatic heterocycles. The van der Waals surface area contributed by atoms with Crippen LogP contribution in [0.15, 0.2) is 23.6 Å². The second-order valence-corrected chi connectivity index (χ2v) is 7.71. The Kier molecular flexibility index (Phi) is 4.58. The SMILES string of the molecule is CS(=O)(=O)Nc1nc(CC(=O)Nc2ccc3c(c2)OCCO3)cs1. The van der Waals surface area contributed by atoms with E-state index in [2.05, 4.69) is 15.0 Å². The van der Waals surface area contributed by atoms with E-state index in [1.165, 1.54) is 0 Å². The molecule has 1 aromatic carbocycles. The zero-order chi connectivity index (χ0) is 17.2. The predicted molar refractivity (Wildman–Crippen MR) is 90.3 cm³/mol. The fourth-order valence-corrected chi connectivity index (χ4v) is 3.65. The highest BCUT2D eigenvalue weighted by Gasteiger charge is 2.14. The third-order valence-corrected chi connectivity index (χ3v) is 4.49. The molecule has 0 saturated heterocycles. The minimum absolute atomic E-state index is 0.0381. The normalized spacial score (nSPS) is 13.4. The Balaban J connectivity index is 1.61. The van der Waals surface area contributed by atoms with Gasteiger partial charge in [-0.2, -0.15) is 0 Å². The van der Waals surface area contributed by atoms with Crippen molar-refractivity contribution in [1.82, 2.24) is 4.98 Å². The maximum atomic E-state index is 12.1. The molecule has 2 heterocycles. The zero-order valence-corrected chi connectivity index (χ0v) is 14.4. The van der Waals surface area contributed by atoms with Gasteiger partial charge in [0.05, 0.1) is 18.4 Å². The van der Waals surface area contributed by atoms with Crippen molar-refractivity contribution in [1.29, 1.82) is 0 Å². The fourth-order valence-electron chi connectivity index (χ4n) is 2.08. The monoisotopic (exact) mass is 369 g/mol. The smallest absolute Gasteiger partial charge is 0.231 e. The lowest BCUT2D eigenvalue weighted by atomic mass is 10.2. The van der Waals surface area contributed by atoms with Crippen molar-refractivity contribution in [2.24, 2.45) is 0 Å². The lowest BCUT2D eigenvalue weighted by Gasteiger charge is -2.18. The Labute approximate surface area is 142 Å². The number of hydrogen-bond acceptors (Lipinski definition) is 7. The number of nitrogens with one attached hydrogen (secondary N) is 2. The summed E-state index contributed by atoms with van der Waals surface area (Å²) in [4.78, 5) is 16.2. The van der Waals surface area contributed by atoms with E-state index in [-0.39, 0.29) is 17.5 Å². The van der Waals surface area contributed by atoms with E-state index in [0.717, 1.165) is 17.6 Å². The van der Waals surface area contributed by atoms with Gasteiger partial charge in [0.1, 0.15) is 13.2 Å². The predicted octanol–water partition coefficient (Wildman–Crippen LogP) is 1.47. The number of sulfonamides is 1. The van der Waals surface area contributed by atoms with E-state index in [4.69, 9.17) is 9.47 Å². The molecule has 8 nitrogen and oxygen atoms in total. The third kappa shape index (κ3) is 4.36. The summed E-state index contributed by atoms with van der Waals surface area (Å²) in [6, 6.07) is 5.16. The number of fused-ring (bicyclic) bond motifs is 1. The molecule has 3 rings (SSSR count). The van der Waals surface area contributed by atoms with Gasteiger partial charge in [-0.25, -0.2) is 13.4 Å². The summed E-state index contributed by atoms with van der Waals surface area (Å²) in [5, 5.41) is 4.62. The summed E-state index contributed by atoms with van der Waals surface area (Å²) in [6.45, 7) is 0.978. The molecule has 1 aromatic heterocycles. The van der Waals surface area contributed by atoms with Crippen LogP contribution in [0.4, 0.5) is 10.8 Å². The Morgan fingerprint density at radius 3 is 2.79 bits per heavy atom. The maximum Gasteiger partial charge on any atom is 0.231 e. The van der Waals surface area contributed by atoms with Gasteiger partial charge in [0, 0.05) is 17.1 Å². The van der Waals surface area contributed by atoms with Crippen LogP contribution >= 0.6 is 11.3 Å². The molecule has 1 aliphatic rings. The molecule has 128 valence electrons. The molecule has 0 saturated carbocycles. The number of ether oxygens (including phenoxy) is 2. The summed E-state index contributed by atoms with van der Waals surface area (Å²) < 4.78 is 35.4. The molecule has 0 atom stereocenters. The first kappa shape index (κ1) is 16.5. The largest absolute Gasteiger partial charge is 0.486 e. The van der Waals surface area contributed by atoms with Crippen molar-refractivity contribution in [3.05, 3.63) is 29.3 Å². The van der Waals surface area contributed by atoms with Crippen LogP contribution in [-0.4, -0.2) is 38.8 Å². The van der Waals surface area contributed by atoms with E-state index in [1.54, 1.807) is 23.6 Å². The van der Waals surface area contributed by atoms with Crippen molar-refractivity contribution in [3.8, 4) is 11.5 Å². The van der Waals surface area contributed by atoms with Gasteiger partial charge in [-0.1, -0.05) is 0 Å². The van der Waals surface area contributed by atoms with Gasteiger partial charge < -0.3 is 14.8 Å². The molecule has 2 N–H and O–H groups in total. The van der Waals surface area contributed by atoms with Gasteiger partial charge in [-0.05, 0) is 12.1 Å². The number of rotatable bonds is 5. The van der Waals surface area contributed by atoms with Crippen molar-refractivity contribution < 1.29 is 22.7 Å². The number of hydrogen-bond donors (Lipinski definition) is 2. The quantitative estimate of drug-likeness (QED) is 0.826. The van der Waals surface area contributed by atoms with Crippen molar-refractivity contribution >= 4 is 38.1 Å². The minimum Gasteiger partial charge on any atom is -0.486 e. The first-order chi connectivity index (χ1) is 11.4. The first-order valence-electron chi connectivity index (χ1n) is 7.01. The highest BCUT2D eigenvalue weighted by atomic mass is 32.2. The van der Waals surface area contributed by atoms with E-state index in [9.17, 15) is 13.2 Å². The number of nitrogens with zero attached hydrogens (tertiary/aromatic N) is 1. The van der Waals surface area contributed by atoms with Crippen LogP contribution in [0.3, 0.4) is 0 Å². The summed E-state index contributed by atoms with van der Waals surface area (Å²) in [6.07, 6.45) is 1.08. The molecule has 24 heavy (non-hydrogen) atoms. The summed E-state index contributed by atoms with van der Waals surface area (Å²) >= 11 is 1.13. The fraction of sp³-hybridized carbons (Fsp3) is 0.286. The number of carbonyl (C=O) groups excluding carboxylic acids is 1. The molecule has 0 fully saturated rings. The van der Waals surface area contributed by atoms with Gasteiger partial charge in [0.15, 0.2) is 16.6 Å². The molecular weight excluding hydrogens is 354 g/mol. The standard InChI is InChI=1S/C14H15N3O5S2/c1-24(19,20)17-14-16-10(8-23-14)7-13(18)15-9-2-3-11-12(6-9)22-5-4-21-11/h2-3,6,8H,4-5,7H2,1H3,(H,15,18)(H,16,17). The van der Waals surface area contributed by atoms with Crippen LogP contribution in [0.2, 0.25) is 0 Å². The summed E-state index contributed by atoms with van der Waals surface area (Å²) in [5.41, 5.74) is 1.08. The number of benzene rings is 1. The van der Waals surface area contributed by atoms with Crippen LogP contribution < -0.4 is 19.5 Å². The summed E-state index contributed by atoms with van der Waals surface area (Å²) in [5.74, 6) is 0.977. The molecule has 1 amide bonds. The second kappa shape index (κ2) is 6.65. The maximum absolute atomic E-state index is 12.1. The van der Waals surface area contributed by atoms with Crippen LogP contribution in [-0.2, 0) is 21.2 Å². The zero-order valence-electron chi connectivity index (χ0n) is 12.7. The Morgan fingerprint density at radius 2 is 2.04 bits per heavy atom. The summed E-state index contributed by atoms with van der Waals surface area (Å²) in [7, 11) is -3.38. The molecule has 0 spiro atoms. The molecule has 0 radical (unpaired) electrons. The van der Waals surface area contributed by atoms with Crippen molar-refractivity contribution in [2.75, 3.05) is 29.5 Å². The number of aromatic nitrogens is 1. The van der Waals surface area contributed by atoms with E-state index >= 15 is 0 Å². The Bertz CT molecular complexity index is 863. The number of anilines is 2. The Hall–Kier alpha value is -2.33. The average molecular weight is 369 g/mol. The van der Waals surface area contributed by atoms with Crippen molar-refractivity contribution in [2.45, 2.75) is 6.42 Å². The van der Waals surface area contributed by atoms with Gasteiger partial charge in [0.2, 0.25) is 15.9 Å². The lowest BCUT2D eigenvalue weighted by molar-refractivity contribution is -0.115. The molecule has 0 unspecified atom stereocenters. The average Bonchev–Trinajstić information content (AvgIpc) is 2.91. The highest BCUT2D eigenvalue weighted by molar-refractivity contribution is 7.92.